The molecule has 0 aliphatic carbocycles. The maximum atomic E-state index is 12.8. The van der Waals surface area contributed by atoms with Crippen molar-refractivity contribution in [1.29, 1.82) is 0 Å². The van der Waals surface area contributed by atoms with Gasteiger partial charge >= 0.3 is 0 Å². The van der Waals surface area contributed by atoms with E-state index in [0.29, 0.717) is 9.99 Å². The molecule has 56 valence electrons. The van der Waals surface area contributed by atoms with E-state index in [0.717, 1.165) is 17.2 Å². The molecule has 0 aliphatic rings. The first kappa shape index (κ1) is 7.12. The lowest BCUT2D eigenvalue weighted by molar-refractivity contribution is 0.623. The fourth-order valence-corrected chi connectivity index (χ4v) is 1.62. The third-order valence-corrected chi connectivity index (χ3v) is 2.46. The molecule has 2 rings (SSSR count). The molecule has 0 radical (unpaired) electrons. The number of halogens is 2. The van der Waals surface area contributed by atoms with Crippen LogP contribution in [0.2, 0.25) is 0 Å². The number of hydrogen-bond acceptors (Lipinski definition) is 3. The molecule has 1 heterocycles. The van der Waals surface area contributed by atoms with E-state index in [1.54, 1.807) is 6.07 Å². The fraction of sp³-hybridized carbons (Fsp3) is 0. The first-order chi connectivity index (χ1) is 5.27. The summed E-state index contributed by atoms with van der Waals surface area (Å²) in [5.41, 5.74) is 1.33. The number of fused-ring (bicyclic) bond motifs is 1. The topological polar surface area (TPSA) is 25.8 Å². The van der Waals surface area contributed by atoms with Crippen LogP contribution < -0.4 is 0 Å². The Bertz CT molecular complexity index is 364. The molecule has 0 unspecified atom stereocenters. The van der Waals surface area contributed by atoms with Crippen LogP contribution in [0.25, 0.3) is 11.0 Å². The van der Waals surface area contributed by atoms with Gasteiger partial charge in [-0.25, -0.2) is 4.39 Å². The van der Waals surface area contributed by atoms with Crippen molar-refractivity contribution in [3.05, 3.63) is 22.4 Å². The monoisotopic (exact) mass is 232 g/mol. The molecule has 11 heavy (non-hydrogen) atoms. The SMILES string of the molecule is Fc1cc2nsnc2cc1Br. The maximum Gasteiger partial charge on any atom is 0.139 e. The molecule has 0 saturated carbocycles. The van der Waals surface area contributed by atoms with Crippen molar-refractivity contribution in [2.75, 3.05) is 0 Å². The molecular formula is C6H2BrFN2S. The Labute approximate surface area is 74.5 Å². The molecule has 0 spiro atoms. The third kappa shape index (κ3) is 1.14. The van der Waals surface area contributed by atoms with Gasteiger partial charge in [0, 0.05) is 6.07 Å². The number of aromatic nitrogens is 2. The molecule has 0 saturated heterocycles. The Balaban J connectivity index is 2.86. The van der Waals surface area contributed by atoms with Crippen LogP contribution in [0.3, 0.4) is 0 Å². The van der Waals surface area contributed by atoms with Gasteiger partial charge < -0.3 is 0 Å². The molecule has 0 bridgehead atoms. The van der Waals surface area contributed by atoms with Crippen molar-refractivity contribution in [1.82, 2.24) is 8.75 Å². The molecule has 0 amide bonds. The largest absolute Gasteiger partial charge is 0.206 e. The van der Waals surface area contributed by atoms with Crippen LogP contribution in [0.1, 0.15) is 0 Å². The van der Waals surface area contributed by atoms with Gasteiger partial charge in [0.25, 0.3) is 0 Å². The van der Waals surface area contributed by atoms with E-state index in [1.165, 1.54) is 6.07 Å². The molecule has 0 fully saturated rings. The lowest BCUT2D eigenvalue weighted by atomic mass is 10.3. The zero-order chi connectivity index (χ0) is 7.84. The first-order valence-electron chi connectivity index (χ1n) is 2.85. The minimum absolute atomic E-state index is 0.301. The van der Waals surface area contributed by atoms with Crippen LogP contribution in [-0.4, -0.2) is 8.75 Å². The molecular weight excluding hydrogens is 231 g/mol. The number of rotatable bonds is 0. The lowest BCUT2D eigenvalue weighted by Gasteiger charge is -1.90. The summed E-state index contributed by atoms with van der Waals surface area (Å²) in [6, 6.07) is 2.98. The predicted molar refractivity (Wildman–Crippen MR) is 45.1 cm³/mol. The van der Waals surface area contributed by atoms with E-state index < -0.39 is 0 Å². The van der Waals surface area contributed by atoms with Crippen LogP contribution in [0.15, 0.2) is 16.6 Å². The first-order valence-corrected chi connectivity index (χ1v) is 4.37. The highest BCUT2D eigenvalue weighted by Gasteiger charge is 2.03. The Kier molecular flexibility index (Phi) is 1.61. The second-order valence-corrected chi connectivity index (χ2v) is 3.40. The van der Waals surface area contributed by atoms with Gasteiger partial charge in [-0.1, -0.05) is 0 Å². The standard InChI is InChI=1S/C6H2BrFN2S/c7-3-1-5-6(2-4(3)8)10-11-9-5/h1-2H. The minimum atomic E-state index is -0.301. The molecule has 0 N–H and O–H groups in total. The Hall–Kier alpha value is -0.550. The summed E-state index contributed by atoms with van der Waals surface area (Å²) in [6.07, 6.45) is 0. The summed E-state index contributed by atoms with van der Waals surface area (Å²) in [5, 5.41) is 0. The quantitative estimate of drug-likeness (QED) is 0.698. The molecule has 1 aromatic carbocycles. The van der Waals surface area contributed by atoms with Gasteiger partial charge in [-0.15, -0.1) is 0 Å². The van der Waals surface area contributed by atoms with Crippen LogP contribution in [-0.2, 0) is 0 Å². The second kappa shape index (κ2) is 2.49. The highest BCUT2D eigenvalue weighted by Crippen LogP contribution is 2.21. The number of nitrogens with zero attached hydrogens (tertiary/aromatic N) is 2. The van der Waals surface area contributed by atoms with Crippen molar-refractivity contribution >= 4 is 38.7 Å². The zero-order valence-electron chi connectivity index (χ0n) is 5.21. The molecule has 0 aliphatic heterocycles. The molecule has 0 atom stereocenters. The molecule has 1 aromatic heterocycles. The summed E-state index contributed by atoms with van der Waals surface area (Å²) in [6.45, 7) is 0. The maximum absolute atomic E-state index is 12.8. The van der Waals surface area contributed by atoms with Gasteiger partial charge in [-0.2, -0.15) is 8.75 Å². The third-order valence-electron chi connectivity index (χ3n) is 1.30. The van der Waals surface area contributed by atoms with Crippen molar-refractivity contribution in [2.45, 2.75) is 0 Å². The van der Waals surface area contributed by atoms with Crippen LogP contribution >= 0.6 is 27.7 Å². The van der Waals surface area contributed by atoms with E-state index in [-0.39, 0.29) is 5.82 Å². The summed E-state index contributed by atoms with van der Waals surface area (Å²) >= 11 is 4.15. The molecule has 2 nitrogen and oxygen atoms in total. The number of hydrogen-bond donors (Lipinski definition) is 0. The van der Waals surface area contributed by atoms with Crippen LogP contribution in [0, 0.1) is 5.82 Å². The van der Waals surface area contributed by atoms with Crippen LogP contribution in [0.4, 0.5) is 4.39 Å². The number of benzene rings is 1. The fourth-order valence-electron chi connectivity index (χ4n) is 0.780. The molecule has 2 aromatic rings. The smallest absolute Gasteiger partial charge is 0.139 e. The van der Waals surface area contributed by atoms with E-state index in [1.807, 2.05) is 0 Å². The normalized spacial score (nSPS) is 10.7. The van der Waals surface area contributed by atoms with E-state index in [2.05, 4.69) is 24.7 Å². The van der Waals surface area contributed by atoms with Gasteiger partial charge in [0.1, 0.15) is 16.9 Å². The van der Waals surface area contributed by atoms with E-state index in [4.69, 9.17) is 0 Å². The van der Waals surface area contributed by atoms with Gasteiger partial charge in [-0.3, -0.25) is 0 Å². The average Bonchev–Trinajstić information content (AvgIpc) is 2.36. The Morgan fingerprint density at radius 1 is 1.27 bits per heavy atom. The van der Waals surface area contributed by atoms with Gasteiger partial charge in [0.05, 0.1) is 16.2 Å². The summed E-state index contributed by atoms with van der Waals surface area (Å²) in [4.78, 5) is 0. The minimum Gasteiger partial charge on any atom is -0.206 e. The van der Waals surface area contributed by atoms with Crippen molar-refractivity contribution in [3.63, 3.8) is 0 Å². The Morgan fingerprint density at radius 2 is 1.91 bits per heavy atom. The van der Waals surface area contributed by atoms with Crippen LogP contribution in [0.5, 0.6) is 0 Å². The Morgan fingerprint density at radius 3 is 2.64 bits per heavy atom. The summed E-state index contributed by atoms with van der Waals surface area (Å²) in [7, 11) is 0. The molecule has 5 heteroatoms. The van der Waals surface area contributed by atoms with Crippen molar-refractivity contribution in [3.8, 4) is 0 Å². The second-order valence-electron chi connectivity index (χ2n) is 2.02. The van der Waals surface area contributed by atoms with Gasteiger partial charge in [0.2, 0.25) is 0 Å². The van der Waals surface area contributed by atoms with E-state index in [9.17, 15) is 4.39 Å². The lowest BCUT2D eigenvalue weighted by Crippen LogP contribution is -1.77. The average molecular weight is 233 g/mol. The van der Waals surface area contributed by atoms with Gasteiger partial charge in [-0.05, 0) is 22.0 Å². The van der Waals surface area contributed by atoms with Crippen molar-refractivity contribution in [2.24, 2.45) is 0 Å². The highest BCUT2D eigenvalue weighted by molar-refractivity contribution is 9.10. The summed E-state index contributed by atoms with van der Waals surface area (Å²) in [5.74, 6) is -0.301. The predicted octanol–water partition coefficient (Wildman–Crippen LogP) is 2.59. The van der Waals surface area contributed by atoms with Gasteiger partial charge in [0.15, 0.2) is 0 Å². The highest BCUT2D eigenvalue weighted by atomic mass is 79.9. The zero-order valence-corrected chi connectivity index (χ0v) is 7.62. The summed E-state index contributed by atoms with van der Waals surface area (Å²) < 4.78 is 21.1. The van der Waals surface area contributed by atoms with Crippen molar-refractivity contribution < 1.29 is 4.39 Å². The van der Waals surface area contributed by atoms with E-state index >= 15 is 0 Å².